The SMILES string of the molecule is C1=Cc2ccc(CNCc3ncc[nH]3)cc2C1. The molecule has 1 aliphatic carbocycles. The molecule has 1 aliphatic rings. The third-order valence-electron chi connectivity index (χ3n) is 3.02. The summed E-state index contributed by atoms with van der Waals surface area (Å²) in [5, 5.41) is 3.38. The number of fused-ring (bicyclic) bond motifs is 1. The number of nitrogens with one attached hydrogen (secondary N) is 2. The first-order valence-corrected chi connectivity index (χ1v) is 5.89. The van der Waals surface area contributed by atoms with Crippen LogP contribution in [0, 0.1) is 0 Å². The number of aromatic nitrogens is 2. The lowest BCUT2D eigenvalue weighted by Crippen LogP contribution is -2.13. The highest BCUT2D eigenvalue weighted by molar-refractivity contribution is 5.60. The van der Waals surface area contributed by atoms with Crippen molar-refractivity contribution in [2.75, 3.05) is 0 Å². The number of H-pyrrole nitrogens is 1. The van der Waals surface area contributed by atoms with Gasteiger partial charge in [0.25, 0.3) is 0 Å². The van der Waals surface area contributed by atoms with Crippen molar-refractivity contribution in [3.63, 3.8) is 0 Å². The maximum atomic E-state index is 4.18. The molecule has 0 saturated carbocycles. The van der Waals surface area contributed by atoms with Crippen molar-refractivity contribution in [1.29, 1.82) is 0 Å². The van der Waals surface area contributed by atoms with Gasteiger partial charge in [0, 0.05) is 18.9 Å². The Morgan fingerprint density at radius 3 is 3.18 bits per heavy atom. The minimum absolute atomic E-state index is 0.780. The van der Waals surface area contributed by atoms with Crippen molar-refractivity contribution in [3.8, 4) is 0 Å². The van der Waals surface area contributed by atoms with E-state index in [9.17, 15) is 0 Å². The van der Waals surface area contributed by atoms with Crippen LogP contribution in [0.4, 0.5) is 0 Å². The molecule has 0 saturated heterocycles. The highest BCUT2D eigenvalue weighted by atomic mass is 15.0. The van der Waals surface area contributed by atoms with Crippen molar-refractivity contribution in [2.45, 2.75) is 19.5 Å². The molecule has 0 aliphatic heterocycles. The van der Waals surface area contributed by atoms with Gasteiger partial charge in [0.05, 0.1) is 6.54 Å². The summed E-state index contributed by atoms with van der Waals surface area (Å²) in [6.07, 6.45) is 9.09. The fourth-order valence-electron chi connectivity index (χ4n) is 2.14. The van der Waals surface area contributed by atoms with E-state index in [-0.39, 0.29) is 0 Å². The topological polar surface area (TPSA) is 40.7 Å². The van der Waals surface area contributed by atoms with Gasteiger partial charge in [0.15, 0.2) is 0 Å². The molecule has 0 fully saturated rings. The van der Waals surface area contributed by atoms with Crippen molar-refractivity contribution in [1.82, 2.24) is 15.3 Å². The van der Waals surface area contributed by atoms with E-state index in [1.807, 2.05) is 6.20 Å². The summed E-state index contributed by atoms with van der Waals surface area (Å²) in [6, 6.07) is 6.66. The zero-order chi connectivity index (χ0) is 11.5. The second-order valence-electron chi connectivity index (χ2n) is 4.28. The standard InChI is InChI=1S/C14H15N3/c1-2-12-5-4-11(8-13(12)3-1)9-15-10-14-16-6-7-17-14/h1-2,4-8,15H,3,9-10H2,(H,16,17). The van der Waals surface area contributed by atoms with Crippen molar-refractivity contribution >= 4 is 6.08 Å². The molecule has 0 radical (unpaired) electrons. The number of hydrogen-bond acceptors (Lipinski definition) is 2. The zero-order valence-electron chi connectivity index (χ0n) is 9.61. The predicted molar refractivity (Wildman–Crippen MR) is 68.3 cm³/mol. The minimum Gasteiger partial charge on any atom is -0.348 e. The van der Waals surface area contributed by atoms with Crippen LogP contribution in [0.2, 0.25) is 0 Å². The first-order valence-electron chi connectivity index (χ1n) is 5.89. The van der Waals surface area contributed by atoms with E-state index >= 15 is 0 Å². The van der Waals surface area contributed by atoms with Gasteiger partial charge in [0.1, 0.15) is 5.82 Å². The van der Waals surface area contributed by atoms with Crippen LogP contribution in [0.3, 0.4) is 0 Å². The minimum atomic E-state index is 0.780. The average molecular weight is 225 g/mol. The molecule has 0 bridgehead atoms. The molecule has 3 heteroatoms. The molecule has 1 aromatic carbocycles. The molecule has 0 atom stereocenters. The second kappa shape index (κ2) is 4.55. The normalized spacial score (nSPS) is 12.9. The Labute approximate surface area is 101 Å². The molecule has 0 unspecified atom stereocenters. The Hall–Kier alpha value is -1.87. The number of nitrogens with zero attached hydrogens (tertiary/aromatic N) is 1. The maximum Gasteiger partial charge on any atom is 0.120 e. The summed E-state index contributed by atoms with van der Waals surface area (Å²) in [7, 11) is 0. The average Bonchev–Trinajstić information content (AvgIpc) is 2.98. The molecule has 2 aromatic rings. The quantitative estimate of drug-likeness (QED) is 0.838. The largest absolute Gasteiger partial charge is 0.348 e. The van der Waals surface area contributed by atoms with Crippen LogP contribution in [-0.2, 0) is 19.5 Å². The van der Waals surface area contributed by atoms with Crippen LogP contribution in [0.25, 0.3) is 6.08 Å². The summed E-state index contributed by atoms with van der Waals surface area (Å²) >= 11 is 0. The lowest BCUT2D eigenvalue weighted by atomic mass is 10.1. The Kier molecular flexibility index (Phi) is 2.76. The fraction of sp³-hybridized carbons (Fsp3) is 0.214. The van der Waals surface area contributed by atoms with E-state index in [1.165, 1.54) is 16.7 Å². The summed E-state index contributed by atoms with van der Waals surface area (Å²) < 4.78 is 0. The van der Waals surface area contributed by atoms with Gasteiger partial charge >= 0.3 is 0 Å². The van der Waals surface area contributed by atoms with Crippen molar-refractivity contribution in [3.05, 3.63) is 59.2 Å². The molecular weight excluding hydrogens is 210 g/mol. The zero-order valence-corrected chi connectivity index (χ0v) is 9.61. The van der Waals surface area contributed by atoms with E-state index in [0.717, 1.165) is 25.3 Å². The number of allylic oxidation sites excluding steroid dienone is 1. The Morgan fingerprint density at radius 2 is 2.29 bits per heavy atom. The molecule has 0 amide bonds. The first-order chi connectivity index (χ1) is 8.42. The van der Waals surface area contributed by atoms with E-state index in [2.05, 4.69) is 45.6 Å². The van der Waals surface area contributed by atoms with Gasteiger partial charge < -0.3 is 10.3 Å². The molecule has 17 heavy (non-hydrogen) atoms. The third-order valence-corrected chi connectivity index (χ3v) is 3.02. The van der Waals surface area contributed by atoms with Gasteiger partial charge in [0.2, 0.25) is 0 Å². The lowest BCUT2D eigenvalue weighted by molar-refractivity contribution is 0.668. The third kappa shape index (κ3) is 2.29. The van der Waals surface area contributed by atoms with Crippen LogP contribution in [0.1, 0.15) is 22.5 Å². The fourth-order valence-corrected chi connectivity index (χ4v) is 2.14. The van der Waals surface area contributed by atoms with Crippen LogP contribution < -0.4 is 5.32 Å². The Balaban J connectivity index is 1.59. The second-order valence-corrected chi connectivity index (χ2v) is 4.28. The van der Waals surface area contributed by atoms with Crippen LogP contribution in [-0.4, -0.2) is 9.97 Å². The van der Waals surface area contributed by atoms with Crippen LogP contribution >= 0.6 is 0 Å². The molecule has 2 N–H and O–H groups in total. The summed E-state index contributed by atoms with van der Waals surface area (Å²) in [5.41, 5.74) is 4.13. The van der Waals surface area contributed by atoms with Gasteiger partial charge in [-0.2, -0.15) is 0 Å². The van der Waals surface area contributed by atoms with Crippen LogP contribution in [0.5, 0.6) is 0 Å². The number of benzene rings is 1. The van der Waals surface area contributed by atoms with E-state index < -0.39 is 0 Å². The van der Waals surface area contributed by atoms with E-state index in [0.29, 0.717) is 0 Å². The van der Waals surface area contributed by atoms with Crippen molar-refractivity contribution in [2.24, 2.45) is 0 Å². The number of hydrogen-bond donors (Lipinski definition) is 2. The maximum absolute atomic E-state index is 4.18. The lowest BCUT2D eigenvalue weighted by Gasteiger charge is -2.06. The number of aromatic amines is 1. The predicted octanol–water partition coefficient (Wildman–Crippen LogP) is 2.27. The van der Waals surface area contributed by atoms with E-state index in [1.54, 1.807) is 6.20 Å². The van der Waals surface area contributed by atoms with Crippen molar-refractivity contribution < 1.29 is 0 Å². The van der Waals surface area contributed by atoms with Crippen LogP contribution in [0.15, 0.2) is 36.7 Å². The first kappa shape index (κ1) is 10.3. The highest BCUT2D eigenvalue weighted by Gasteiger charge is 2.05. The summed E-state index contributed by atoms with van der Waals surface area (Å²) in [4.78, 5) is 7.26. The Bertz CT molecular complexity index is 526. The number of rotatable bonds is 4. The summed E-state index contributed by atoms with van der Waals surface area (Å²) in [5.74, 6) is 0.979. The molecule has 86 valence electrons. The van der Waals surface area contributed by atoms with Gasteiger partial charge in [-0.15, -0.1) is 0 Å². The summed E-state index contributed by atoms with van der Waals surface area (Å²) in [6.45, 7) is 1.66. The van der Waals surface area contributed by atoms with Gasteiger partial charge in [-0.25, -0.2) is 4.98 Å². The molecule has 1 aromatic heterocycles. The molecule has 3 nitrogen and oxygen atoms in total. The van der Waals surface area contributed by atoms with Gasteiger partial charge in [-0.1, -0.05) is 30.4 Å². The molecule has 1 heterocycles. The smallest absolute Gasteiger partial charge is 0.120 e. The number of imidazole rings is 1. The van der Waals surface area contributed by atoms with Gasteiger partial charge in [-0.05, 0) is 23.1 Å². The highest BCUT2D eigenvalue weighted by Crippen LogP contribution is 2.20. The Morgan fingerprint density at radius 1 is 1.29 bits per heavy atom. The molecule has 0 spiro atoms. The monoisotopic (exact) mass is 225 g/mol. The molecule has 3 rings (SSSR count). The van der Waals surface area contributed by atoms with Gasteiger partial charge in [-0.3, -0.25) is 0 Å². The van der Waals surface area contributed by atoms with E-state index in [4.69, 9.17) is 0 Å². The molecular formula is C14H15N3.